The van der Waals surface area contributed by atoms with Crippen LogP contribution in [0.25, 0.3) is 0 Å². The van der Waals surface area contributed by atoms with Crippen molar-refractivity contribution in [1.29, 1.82) is 0 Å². The van der Waals surface area contributed by atoms with Gasteiger partial charge in [-0.05, 0) is 15.9 Å². The second-order valence-electron chi connectivity index (χ2n) is 2.99. The zero-order valence-electron chi connectivity index (χ0n) is 6.58. The maximum absolute atomic E-state index is 9.94. The van der Waals surface area contributed by atoms with E-state index in [2.05, 4.69) is 31.6 Å². The van der Waals surface area contributed by atoms with Crippen molar-refractivity contribution in [3.8, 4) is 0 Å². The molecule has 1 aromatic rings. The lowest BCUT2D eigenvalue weighted by molar-refractivity contribution is -0.0224. The highest BCUT2D eigenvalue weighted by molar-refractivity contribution is 9.10. The van der Waals surface area contributed by atoms with Crippen LogP contribution in [0, 0.1) is 0 Å². The van der Waals surface area contributed by atoms with Gasteiger partial charge in [0.1, 0.15) is 11.3 Å². The molecule has 12 heavy (non-hydrogen) atoms. The Kier molecular flexibility index (Phi) is 1.71. The first-order chi connectivity index (χ1) is 5.63. The molecule has 0 amide bonds. The Morgan fingerprint density at radius 3 is 2.67 bits per heavy atom. The molecule has 0 saturated carbocycles. The van der Waals surface area contributed by atoms with Gasteiger partial charge < -0.3 is 10.4 Å². The van der Waals surface area contributed by atoms with Gasteiger partial charge in [0, 0.05) is 20.1 Å². The average molecular weight is 233 g/mol. The fourth-order valence-corrected chi connectivity index (χ4v) is 2.05. The minimum atomic E-state index is -0.795. The number of aliphatic hydroxyl groups is 1. The molecule has 1 fully saturated rings. The van der Waals surface area contributed by atoms with E-state index in [0.29, 0.717) is 17.7 Å². The van der Waals surface area contributed by atoms with Crippen LogP contribution in [0.3, 0.4) is 0 Å². The minimum Gasteiger partial charge on any atom is -0.381 e. The Morgan fingerprint density at radius 2 is 2.33 bits per heavy atom. The molecule has 1 aromatic heterocycles. The van der Waals surface area contributed by atoms with Crippen LogP contribution >= 0.6 is 15.9 Å². The first-order valence-corrected chi connectivity index (χ1v) is 4.41. The topological polar surface area (TPSA) is 63.0 Å². The molecule has 0 radical (unpaired) electrons. The highest BCUT2D eigenvalue weighted by Crippen LogP contribution is 2.29. The molecule has 1 aliphatic heterocycles. The molecule has 0 atom stereocenters. The van der Waals surface area contributed by atoms with E-state index in [-0.39, 0.29) is 0 Å². The summed E-state index contributed by atoms with van der Waals surface area (Å²) < 4.78 is 2.21. The van der Waals surface area contributed by atoms with Crippen LogP contribution in [0.15, 0.2) is 4.60 Å². The third-order valence-corrected chi connectivity index (χ3v) is 2.60. The standard InChI is InChI=1S/C6H9BrN4O/c1-11-4(5(7)9-10-11)6(12)2-8-3-6/h8,12H,2-3H2,1H3. The van der Waals surface area contributed by atoms with Gasteiger partial charge in [-0.25, -0.2) is 4.68 Å². The molecule has 0 aliphatic carbocycles. The predicted molar refractivity (Wildman–Crippen MR) is 45.5 cm³/mol. The molecule has 5 nitrogen and oxygen atoms in total. The lowest BCUT2D eigenvalue weighted by Gasteiger charge is -2.37. The third-order valence-electron chi connectivity index (χ3n) is 2.06. The van der Waals surface area contributed by atoms with Gasteiger partial charge in [-0.2, -0.15) is 0 Å². The van der Waals surface area contributed by atoms with E-state index in [1.807, 2.05) is 0 Å². The monoisotopic (exact) mass is 232 g/mol. The molecule has 66 valence electrons. The van der Waals surface area contributed by atoms with E-state index in [9.17, 15) is 5.11 Å². The Balaban J connectivity index is 2.44. The molecule has 2 rings (SSSR count). The predicted octanol–water partition coefficient (Wildman–Crippen LogP) is -0.632. The van der Waals surface area contributed by atoms with Crippen molar-refractivity contribution in [3.05, 3.63) is 10.3 Å². The second kappa shape index (κ2) is 2.51. The summed E-state index contributed by atoms with van der Waals surface area (Å²) >= 11 is 3.25. The summed E-state index contributed by atoms with van der Waals surface area (Å²) in [5.74, 6) is 0. The van der Waals surface area contributed by atoms with Crippen LogP contribution in [0.1, 0.15) is 5.69 Å². The first-order valence-electron chi connectivity index (χ1n) is 3.62. The zero-order valence-corrected chi connectivity index (χ0v) is 8.17. The van der Waals surface area contributed by atoms with Crippen LogP contribution in [0.5, 0.6) is 0 Å². The van der Waals surface area contributed by atoms with Crippen LogP contribution in [-0.4, -0.2) is 33.2 Å². The van der Waals surface area contributed by atoms with Crippen molar-refractivity contribution in [3.63, 3.8) is 0 Å². The van der Waals surface area contributed by atoms with Gasteiger partial charge in [0.2, 0.25) is 0 Å². The number of aromatic nitrogens is 3. The van der Waals surface area contributed by atoms with Gasteiger partial charge in [0.25, 0.3) is 0 Å². The second-order valence-corrected chi connectivity index (χ2v) is 3.74. The quantitative estimate of drug-likeness (QED) is 0.677. The molecule has 2 N–H and O–H groups in total. The smallest absolute Gasteiger partial charge is 0.154 e. The van der Waals surface area contributed by atoms with Crippen molar-refractivity contribution in [2.45, 2.75) is 5.60 Å². The van der Waals surface area contributed by atoms with Crippen molar-refractivity contribution < 1.29 is 5.11 Å². The maximum atomic E-state index is 9.94. The summed E-state index contributed by atoms with van der Waals surface area (Å²) in [5.41, 5.74) is -0.0573. The third kappa shape index (κ3) is 0.988. The molecule has 1 aliphatic rings. The molecule has 1 saturated heterocycles. The number of hydrogen-bond acceptors (Lipinski definition) is 4. The Hall–Kier alpha value is -0.460. The van der Waals surface area contributed by atoms with Gasteiger partial charge >= 0.3 is 0 Å². The zero-order chi connectivity index (χ0) is 8.77. The Labute approximate surface area is 77.9 Å². The van der Waals surface area contributed by atoms with Crippen LogP contribution in [0.2, 0.25) is 0 Å². The summed E-state index contributed by atoms with van der Waals surface area (Å²) in [7, 11) is 1.77. The summed E-state index contributed by atoms with van der Waals surface area (Å²) in [6.45, 7) is 1.12. The molecule has 0 aromatic carbocycles. The van der Waals surface area contributed by atoms with Gasteiger partial charge in [0.15, 0.2) is 4.60 Å². The maximum Gasteiger partial charge on any atom is 0.154 e. The Bertz CT molecular complexity index is 287. The highest BCUT2D eigenvalue weighted by atomic mass is 79.9. The molecule has 6 heteroatoms. The summed E-state index contributed by atoms with van der Waals surface area (Å²) in [4.78, 5) is 0. The van der Waals surface area contributed by atoms with E-state index in [0.717, 1.165) is 5.69 Å². The lowest BCUT2D eigenvalue weighted by Crippen LogP contribution is -2.57. The van der Waals surface area contributed by atoms with Gasteiger partial charge in [-0.1, -0.05) is 5.21 Å². The SMILES string of the molecule is Cn1nnc(Br)c1C1(O)CNC1. The van der Waals surface area contributed by atoms with E-state index in [1.165, 1.54) is 0 Å². The van der Waals surface area contributed by atoms with Crippen LogP contribution in [-0.2, 0) is 12.6 Å². The number of hydrogen-bond donors (Lipinski definition) is 2. The normalized spacial score (nSPS) is 20.6. The fraction of sp³-hybridized carbons (Fsp3) is 0.667. The molecule has 0 spiro atoms. The van der Waals surface area contributed by atoms with Gasteiger partial charge in [0.05, 0.1) is 0 Å². The molecule has 0 bridgehead atoms. The number of aryl methyl sites for hydroxylation is 1. The van der Waals surface area contributed by atoms with E-state index < -0.39 is 5.60 Å². The van der Waals surface area contributed by atoms with Gasteiger partial charge in [-0.3, -0.25) is 0 Å². The number of rotatable bonds is 1. The fourth-order valence-electron chi connectivity index (χ4n) is 1.35. The molecule has 2 heterocycles. The van der Waals surface area contributed by atoms with Crippen LogP contribution < -0.4 is 5.32 Å². The number of nitrogens with zero attached hydrogens (tertiary/aromatic N) is 3. The van der Waals surface area contributed by atoms with Crippen molar-refractivity contribution in [2.75, 3.05) is 13.1 Å². The largest absolute Gasteiger partial charge is 0.381 e. The van der Waals surface area contributed by atoms with Crippen molar-refractivity contribution >= 4 is 15.9 Å². The molecular weight excluding hydrogens is 224 g/mol. The summed E-state index contributed by atoms with van der Waals surface area (Å²) in [6, 6.07) is 0. The average Bonchev–Trinajstić information content (AvgIpc) is 2.27. The summed E-state index contributed by atoms with van der Waals surface area (Å²) in [5, 5.41) is 20.5. The molecule has 0 unspecified atom stereocenters. The molecular formula is C6H9BrN4O. The van der Waals surface area contributed by atoms with E-state index >= 15 is 0 Å². The first kappa shape index (κ1) is 8.15. The summed E-state index contributed by atoms with van der Waals surface area (Å²) in [6.07, 6.45) is 0. The van der Waals surface area contributed by atoms with Crippen LogP contribution in [0.4, 0.5) is 0 Å². The Morgan fingerprint density at radius 1 is 1.67 bits per heavy atom. The number of nitrogens with one attached hydrogen (secondary N) is 1. The van der Waals surface area contributed by atoms with E-state index in [4.69, 9.17) is 0 Å². The highest BCUT2D eigenvalue weighted by Gasteiger charge is 2.41. The lowest BCUT2D eigenvalue weighted by atomic mass is 9.94. The van der Waals surface area contributed by atoms with Crippen molar-refractivity contribution in [2.24, 2.45) is 7.05 Å². The number of β-amino-alcohol motifs (C(OH)–C–C–N with tert-alkyl or cyclic N) is 1. The van der Waals surface area contributed by atoms with E-state index in [1.54, 1.807) is 11.7 Å². The van der Waals surface area contributed by atoms with Gasteiger partial charge in [-0.15, -0.1) is 5.10 Å². The van der Waals surface area contributed by atoms with Crippen molar-refractivity contribution in [1.82, 2.24) is 20.3 Å². The number of halogens is 1. The minimum absolute atomic E-state index is 0.562.